The fourth-order valence-corrected chi connectivity index (χ4v) is 3.98. The lowest BCUT2D eigenvalue weighted by Gasteiger charge is -2.38. The van der Waals surface area contributed by atoms with Crippen LogP contribution in [0.15, 0.2) is 0 Å². The zero-order valence-corrected chi connectivity index (χ0v) is 13.9. The van der Waals surface area contributed by atoms with E-state index in [1.165, 1.54) is 0 Å². The van der Waals surface area contributed by atoms with Gasteiger partial charge in [-0.2, -0.15) is 0 Å². The Balaban J connectivity index is 1.92. The zero-order valence-electron chi connectivity index (χ0n) is 13.9. The number of piperazine rings is 1. The first kappa shape index (κ1) is 16.7. The van der Waals surface area contributed by atoms with Gasteiger partial charge in [-0.25, -0.2) is 0 Å². The Labute approximate surface area is 129 Å². The second-order valence-electron chi connectivity index (χ2n) is 7.16. The van der Waals surface area contributed by atoms with Gasteiger partial charge in [0.05, 0.1) is 0 Å². The van der Waals surface area contributed by atoms with Crippen molar-refractivity contribution in [3.8, 4) is 0 Å². The third kappa shape index (κ3) is 3.96. The molecule has 2 fully saturated rings. The molecule has 0 aromatic rings. The molecule has 0 radical (unpaired) electrons. The van der Waals surface area contributed by atoms with Crippen molar-refractivity contribution in [3.05, 3.63) is 0 Å². The van der Waals surface area contributed by atoms with Crippen molar-refractivity contribution in [2.45, 2.75) is 51.1 Å². The molecule has 2 atom stereocenters. The highest BCUT2D eigenvalue weighted by atomic mass is 16.1. The maximum atomic E-state index is 12.1. The molecule has 0 bridgehead atoms. The van der Waals surface area contributed by atoms with Gasteiger partial charge in [-0.3, -0.25) is 4.79 Å². The molecular weight excluding hydrogens is 264 g/mol. The van der Waals surface area contributed by atoms with Crippen LogP contribution in [0.25, 0.3) is 0 Å². The number of hydrogen-bond acceptors (Lipinski definition) is 4. The standard InChI is InChI=1S/C16H32N4O/c1-13(2)18-16(15(17)21)7-4-5-14(16)6-8-20-11-9-19(3)10-12-20/h13-14,18H,4-12H2,1-3H3,(H2,17,21). The monoisotopic (exact) mass is 296 g/mol. The van der Waals surface area contributed by atoms with Crippen molar-refractivity contribution in [1.29, 1.82) is 0 Å². The maximum Gasteiger partial charge on any atom is 0.238 e. The van der Waals surface area contributed by atoms with E-state index in [-0.39, 0.29) is 5.91 Å². The minimum atomic E-state index is -0.471. The maximum absolute atomic E-state index is 12.1. The van der Waals surface area contributed by atoms with E-state index in [2.05, 4.69) is 36.0 Å². The van der Waals surface area contributed by atoms with E-state index in [1.807, 2.05) is 0 Å². The molecule has 1 saturated heterocycles. The first-order valence-corrected chi connectivity index (χ1v) is 8.42. The van der Waals surface area contributed by atoms with Crippen LogP contribution in [0.5, 0.6) is 0 Å². The van der Waals surface area contributed by atoms with Crippen molar-refractivity contribution in [1.82, 2.24) is 15.1 Å². The summed E-state index contributed by atoms with van der Waals surface area (Å²) < 4.78 is 0. The van der Waals surface area contributed by atoms with Gasteiger partial charge >= 0.3 is 0 Å². The summed E-state index contributed by atoms with van der Waals surface area (Å²) in [5, 5.41) is 3.50. The molecule has 1 saturated carbocycles. The van der Waals surface area contributed by atoms with E-state index in [1.54, 1.807) is 0 Å². The molecule has 1 aliphatic heterocycles. The summed E-state index contributed by atoms with van der Waals surface area (Å²) in [7, 11) is 2.18. The Bertz CT molecular complexity index is 352. The molecule has 0 aromatic carbocycles. The van der Waals surface area contributed by atoms with E-state index < -0.39 is 5.54 Å². The van der Waals surface area contributed by atoms with Gasteiger partial charge in [0.25, 0.3) is 0 Å². The number of nitrogens with two attached hydrogens (primary N) is 1. The number of primary amides is 1. The fraction of sp³-hybridized carbons (Fsp3) is 0.938. The average molecular weight is 296 g/mol. The number of nitrogens with one attached hydrogen (secondary N) is 1. The molecule has 0 spiro atoms. The minimum Gasteiger partial charge on any atom is -0.368 e. The smallest absolute Gasteiger partial charge is 0.238 e. The van der Waals surface area contributed by atoms with E-state index in [9.17, 15) is 4.79 Å². The summed E-state index contributed by atoms with van der Waals surface area (Å²) in [6.45, 7) is 9.87. The summed E-state index contributed by atoms with van der Waals surface area (Å²) in [4.78, 5) is 17.0. The predicted molar refractivity (Wildman–Crippen MR) is 86.1 cm³/mol. The normalized spacial score (nSPS) is 31.9. The molecule has 2 rings (SSSR count). The first-order chi connectivity index (χ1) is 9.94. The summed E-state index contributed by atoms with van der Waals surface area (Å²) in [6, 6.07) is 0.293. The topological polar surface area (TPSA) is 61.6 Å². The molecule has 5 heteroatoms. The fourth-order valence-electron chi connectivity index (χ4n) is 3.98. The van der Waals surface area contributed by atoms with Crippen LogP contribution in [0.3, 0.4) is 0 Å². The molecule has 5 nitrogen and oxygen atoms in total. The van der Waals surface area contributed by atoms with E-state index >= 15 is 0 Å². The number of rotatable bonds is 6. The Morgan fingerprint density at radius 1 is 1.33 bits per heavy atom. The Hall–Kier alpha value is -0.650. The van der Waals surface area contributed by atoms with Crippen molar-refractivity contribution in [2.24, 2.45) is 11.7 Å². The van der Waals surface area contributed by atoms with Crippen LogP contribution in [-0.4, -0.2) is 67.1 Å². The van der Waals surface area contributed by atoms with Gasteiger partial charge in [0.15, 0.2) is 0 Å². The van der Waals surface area contributed by atoms with E-state index in [4.69, 9.17) is 5.73 Å². The Morgan fingerprint density at radius 2 is 2.00 bits per heavy atom. The second kappa shape index (κ2) is 7.07. The van der Waals surface area contributed by atoms with Crippen LogP contribution < -0.4 is 11.1 Å². The number of carbonyl (C=O) groups is 1. The van der Waals surface area contributed by atoms with Crippen LogP contribution in [0.1, 0.15) is 39.5 Å². The molecule has 3 N–H and O–H groups in total. The van der Waals surface area contributed by atoms with Gasteiger partial charge in [0.1, 0.15) is 5.54 Å². The molecular formula is C16H32N4O. The quantitative estimate of drug-likeness (QED) is 0.755. The van der Waals surface area contributed by atoms with Crippen LogP contribution in [-0.2, 0) is 4.79 Å². The summed E-state index contributed by atoms with van der Waals surface area (Å²) >= 11 is 0. The lowest BCUT2D eigenvalue weighted by Crippen LogP contribution is -2.60. The predicted octanol–water partition coefficient (Wildman–Crippen LogP) is 0.646. The van der Waals surface area contributed by atoms with Gasteiger partial charge in [0.2, 0.25) is 5.91 Å². The average Bonchev–Trinajstić information content (AvgIpc) is 2.81. The molecule has 0 aromatic heterocycles. The lowest BCUT2D eigenvalue weighted by atomic mass is 9.83. The SMILES string of the molecule is CC(C)NC1(C(N)=O)CCCC1CCN1CCN(C)CC1. The highest BCUT2D eigenvalue weighted by Gasteiger charge is 2.47. The molecule has 1 aliphatic carbocycles. The summed E-state index contributed by atoms with van der Waals surface area (Å²) in [6.07, 6.45) is 4.20. The number of hydrogen-bond donors (Lipinski definition) is 2. The number of nitrogens with zero attached hydrogens (tertiary/aromatic N) is 2. The van der Waals surface area contributed by atoms with Crippen molar-refractivity contribution >= 4 is 5.91 Å². The first-order valence-electron chi connectivity index (χ1n) is 8.42. The lowest BCUT2D eigenvalue weighted by molar-refractivity contribution is -0.126. The number of likely N-dealkylation sites (N-methyl/N-ethyl adjacent to an activating group) is 1. The van der Waals surface area contributed by atoms with Gasteiger partial charge in [-0.1, -0.05) is 6.42 Å². The van der Waals surface area contributed by atoms with Crippen molar-refractivity contribution in [2.75, 3.05) is 39.8 Å². The van der Waals surface area contributed by atoms with Crippen LogP contribution >= 0.6 is 0 Å². The van der Waals surface area contributed by atoms with Crippen LogP contribution in [0.2, 0.25) is 0 Å². The number of amides is 1. The molecule has 2 aliphatic rings. The molecule has 2 unspecified atom stereocenters. The highest BCUT2D eigenvalue weighted by molar-refractivity contribution is 5.85. The van der Waals surface area contributed by atoms with Gasteiger partial charge < -0.3 is 20.9 Å². The highest BCUT2D eigenvalue weighted by Crippen LogP contribution is 2.38. The van der Waals surface area contributed by atoms with Gasteiger partial charge in [-0.05, 0) is 52.6 Å². The molecule has 122 valence electrons. The van der Waals surface area contributed by atoms with E-state index in [0.717, 1.165) is 58.4 Å². The van der Waals surface area contributed by atoms with Gasteiger partial charge in [0, 0.05) is 32.2 Å². The summed E-state index contributed by atoms with van der Waals surface area (Å²) in [5.74, 6) is 0.231. The van der Waals surface area contributed by atoms with Crippen molar-refractivity contribution < 1.29 is 4.79 Å². The third-order valence-corrected chi connectivity index (χ3v) is 5.20. The summed E-state index contributed by atoms with van der Waals surface area (Å²) in [5.41, 5.74) is 5.31. The third-order valence-electron chi connectivity index (χ3n) is 5.20. The number of carbonyl (C=O) groups excluding carboxylic acids is 1. The van der Waals surface area contributed by atoms with Crippen molar-refractivity contribution in [3.63, 3.8) is 0 Å². The molecule has 21 heavy (non-hydrogen) atoms. The van der Waals surface area contributed by atoms with Gasteiger partial charge in [-0.15, -0.1) is 0 Å². The molecule has 1 heterocycles. The molecule has 1 amide bonds. The Kier molecular flexibility index (Phi) is 5.63. The van der Waals surface area contributed by atoms with E-state index in [0.29, 0.717) is 12.0 Å². The largest absolute Gasteiger partial charge is 0.368 e. The zero-order chi connectivity index (χ0) is 15.5. The van der Waals surface area contributed by atoms with Crippen LogP contribution in [0, 0.1) is 5.92 Å². The van der Waals surface area contributed by atoms with Crippen LogP contribution in [0.4, 0.5) is 0 Å². The minimum absolute atomic E-state index is 0.155. The Morgan fingerprint density at radius 3 is 2.57 bits per heavy atom. The second-order valence-corrected chi connectivity index (χ2v) is 7.16.